The maximum atomic E-state index is 12.8. The molecular weight excluding hydrogens is 336 g/mol. The van der Waals surface area contributed by atoms with Crippen molar-refractivity contribution in [3.8, 4) is 0 Å². The van der Waals surface area contributed by atoms with Crippen molar-refractivity contribution in [2.45, 2.75) is 62.8 Å². The third kappa shape index (κ3) is 4.42. The Bertz CT molecular complexity index is 711. The lowest BCUT2D eigenvalue weighted by molar-refractivity contribution is 0.0671. The highest BCUT2D eigenvalue weighted by Crippen LogP contribution is 2.23. The molecule has 0 bridgehead atoms. The summed E-state index contributed by atoms with van der Waals surface area (Å²) < 4.78 is 28.0. The van der Waals surface area contributed by atoms with Gasteiger partial charge < -0.3 is 4.90 Å². The van der Waals surface area contributed by atoms with E-state index in [1.807, 2.05) is 4.90 Å². The average Bonchev–Trinajstić information content (AvgIpc) is 3.13. The molecule has 0 aromatic heterocycles. The van der Waals surface area contributed by atoms with E-state index in [0.717, 1.165) is 51.6 Å². The van der Waals surface area contributed by atoms with Crippen LogP contribution in [0.5, 0.6) is 0 Å². The van der Waals surface area contributed by atoms with E-state index in [0.29, 0.717) is 11.5 Å². The zero-order valence-corrected chi connectivity index (χ0v) is 15.7. The molecule has 5 nitrogen and oxygen atoms in total. The number of nitrogens with zero attached hydrogens (tertiary/aromatic N) is 1. The topological polar surface area (TPSA) is 66.5 Å². The Hall–Kier alpha value is -1.40. The first-order valence-corrected chi connectivity index (χ1v) is 10.9. The van der Waals surface area contributed by atoms with Gasteiger partial charge in [-0.25, -0.2) is 13.1 Å². The molecule has 1 atom stereocenters. The number of amides is 1. The maximum absolute atomic E-state index is 12.8. The van der Waals surface area contributed by atoms with E-state index in [1.165, 1.54) is 12.5 Å². The van der Waals surface area contributed by atoms with Gasteiger partial charge in [0.2, 0.25) is 10.0 Å². The predicted octanol–water partition coefficient (Wildman–Crippen LogP) is 3.17. The number of carbonyl (C=O) groups is 1. The Kier molecular flexibility index (Phi) is 5.79. The van der Waals surface area contributed by atoms with Crippen LogP contribution in [0.3, 0.4) is 0 Å². The van der Waals surface area contributed by atoms with E-state index in [4.69, 9.17) is 0 Å². The summed E-state index contributed by atoms with van der Waals surface area (Å²) in [7, 11) is -3.57. The molecule has 1 saturated heterocycles. The van der Waals surface area contributed by atoms with Crippen LogP contribution in [-0.2, 0) is 10.0 Å². The number of likely N-dealkylation sites (tertiary alicyclic amines) is 1. The first-order chi connectivity index (χ1) is 12.0. The van der Waals surface area contributed by atoms with Crippen molar-refractivity contribution in [2.24, 2.45) is 5.92 Å². The lowest BCUT2D eigenvalue weighted by Crippen LogP contribution is -2.39. The third-order valence-electron chi connectivity index (χ3n) is 5.45. The van der Waals surface area contributed by atoms with Gasteiger partial charge in [-0.1, -0.05) is 32.3 Å². The number of piperidine rings is 1. The molecule has 2 fully saturated rings. The number of rotatable bonds is 5. The first-order valence-electron chi connectivity index (χ1n) is 9.41. The van der Waals surface area contributed by atoms with Crippen LogP contribution in [0, 0.1) is 5.92 Å². The fourth-order valence-electron chi connectivity index (χ4n) is 3.89. The van der Waals surface area contributed by atoms with Crippen molar-refractivity contribution in [1.29, 1.82) is 0 Å². The van der Waals surface area contributed by atoms with Gasteiger partial charge in [0.15, 0.2) is 0 Å². The average molecular weight is 365 g/mol. The molecule has 1 aromatic carbocycles. The van der Waals surface area contributed by atoms with Crippen LogP contribution in [0.15, 0.2) is 29.2 Å². The molecule has 1 unspecified atom stereocenters. The molecule has 1 saturated carbocycles. The fraction of sp³-hybridized carbons (Fsp3) is 0.632. The molecule has 25 heavy (non-hydrogen) atoms. The number of nitrogens with one attached hydrogen (secondary N) is 1. The Morgan fingerprint density at radius 1 is 1.20 bits per heavy atom. The number of hydrogen-bond donors (Lipinski definition) is 1. The van der Waals surface area contributed by atoms with Crippen molar-refractivity contribution >= 4 is 15.9 Å². The highest BCUT2D eigenvalue weighted by Gasteiger charge is 2.26. The zero-order valence-electron chi connectivity index (χ0n) is 14.9. The number of hydrogen-bond acceptors (Lipinski definition) is 3. The highest BCUT2D eigenvalue weighted by molar-refractivity contribution is 7.89. The van der Waals surface area contributed by atoms with Gasteiger partial charge in [0.05, 0.1) is 4.90 Å². The molecule has 6 heteroatoms. The molecular formula is C19H28N2O3S. The molecule has 1 aliphatic carbocycles. The Labute approximate surface area is 150 Å². The molecule has 138 valence electrons. The van der Waals surface area contributed by atoms with Gasteiger partial charge in [-0.15, -0.1) is 0 Å². The molecule has 1 aromatic rings. The summed E-state index contributed by atoms with van der Waals surface area (Å²) in [6, 6.07) is 6.50. The van der Waals surface area contributed by atoms with Crippen molar-refractivity contribution in [3.63, 3.8) is 0 Å². The molecule has 1 amide bonds. The second-order valence-electron chi connectivity index (χ2n) is 7.30. The second-order valence-corrected chi connectivity index (χ2v) is 9.01. The Morgan fingerprint density at radius 2 is 1.96 bits per heavy atom. The van der Waals surface area contributed by atoms with E-state index in [-0.39, 0.29) is 16.8 Å². The van der Waals surface area contributed by atoms with Gasteiger partial charge in [0, 0.05) is 24.7 Å². The second kappa shape index (κ2) is 7.87. The van der Waals surface area contributed by atoms with Crippen LogP contribution in [-0.4, -0.2) is 38.4 Å². The first kappa shape index (κ1) is 18.4. The third-order valence-corrected chi connectivity index (χ3v) is 6.97. The van der Waals surface area contributed by atoms with E-state index < -0.39 is 10.0 Å². The minimum atomic E-state index is -3.57. The van der Waals surface area contributed by atoms with E-state index >= 15 is 0 Å². The summed E-state index contributed by atoms with van der Waals surface area (Å²) in [6.45, 7) is 3.68. The highest BCUT2D eigenvalue weighted by atomic mass is 32.2. The van der Waals surface area contributed by atoms with E-state index in [9.17, 15) is 13.2 Å². The van der Waals surface area contributed by atoms with Crippen molar-refractivity contribution in [1.82, 2.24) is 9.62 Å². The number of sulfonamides is 1. The minimum absolute atomic E-state index is 0.0248. The Morgan fingerprint density at radius 3 is 2.68 bits per heavy atom. The summed E-state index contributed by atoms with van der Waals surface area (Å²) >= 11 is 0. The molecule has 0 radical (unpaired) electrons. The lowest BCUT2D eigenvalue weighted by atomic mass is 9.95. The van der Waals surface area contributed by atoms with E-state index in [2.05, 4.69) is 11.6 Å². The predicted molar refractivity (Wildman–Crippen MR) is 97.9 cm³/mol. The standard InChI is InChI=1S/C19H28N2O3S/c1-2-15-7-6-12-21(14-15)19(22)16-8-5-11-18(13-16)25(23,24)20-17-9-3-4-10-17/h5,8,11,13,15,17,20H,2-4,6-7,9-10,12,14H2,1H3. The van der Waals surface area contributed by atoms with Gasteiger partial charge in [0.25, 0.3) is 5.91 Å². The van der Waals surface area contributed by atoms with Crippen molar-refractivity contribution in [2.75, 3.05) is 13.1 Å². The van der Waals surface area contributed by atoms with Crippen molar-refractivity contribution in [3.05, 3.63) is 29.8 Å². The largest absolute Gasteiger partial charge is 0.338 e. The van der Waals surface area contributed by atoms with E-state index in [1.54, 1.807) is 18.2 Å². The van der Waals surface area contributed by atoms with Crippen LogP contribution in [0.2, 0.25) is 0 Å². The molecule has 1 N–H and O–H groups in total. The SMILES string of the molecule is CCC1CCCN(C(=O)c2cccc(S(=O)(=O)NC3CCCC3)c2)C1. The van der Waals surface area contributed by atoms with Crippen LogP contribution in [0.25, 0.3) is 0 Å². The molecule has 1 aliphatic heterocycles. The molecule has 3 rings (SSSR count). The van der Waals surface area contributed by atoms with Crippen molar-refractivity contribution < 1.29 is 13.2 Å². The normalized spacial score (nSPS) is 22.3. The van der Waals surface area contributed by atoms with Gasteiger partial charge in [-0.2, -0.15) is 0 Å². The summed E-state index contributed by atoms with van der Waals surface area (Å²) in [4.78, 5) is 14.9. The quantitative estimate of drug-likeness (QED) is 0.873. The summed E-state index contributed by atoms with van der Waals surface area (Å²) in [5.74, 6) is 0.490. The summed E-state index contributed by atoms with van der Waals surface area (Å²) in [5, 5.41) is 0. The van der Waals surface area contributed by atoms with Gasteiger partial charge >= 0.3 is 0 Å². The molecule has 2 aliphatic rings. The van der Waals surface area contributed by atoms with Crippen LogP contribution in [0.1, 0.15) is 62.2 Å². The maximum Gasteiger partial charge on any atom is 0.253 e. The van der Waals surface area contributed by atoms with Gasteiger partial charge in [0.1, 0.15) is 0 Å². The summed E-state index contributed by atoms with van der Waals surface area (Å²) in [6.07, 6.45) is 7.18. The smallest absolute Gasteiger partial charge is 0.253 e. The number of carbonyl (C=O) groups excluding carboxylic acids is 1. The summed E-state index contributed by atoms with van der Waals surface area (Å²) in [5.41, 5.74) is 0.464. The zero-order chi connectivity index (χ0) is 17.9. The molecule has 0 spiro atoms. The van der Waals surface area contributed by atoms with Crippen LogP contribution < -0.4 is 4.72 Å². The minimum Gasteiger partial charge on any atom is -0.338 e. The van der Waals surface area contributed by atoms with Crippen LogP contribution >= 0.6 is 0 Å². The molecule has 1 heterocycles. The van der Waals surface area contributed by atoms with Gasteiger partial charge in [-0.3, -0.25) is 4.79 Å². The lowest BCUT2D eigenvalue weighted by Gasteiger charge is -2.32. The monoisotopic (exact) mass is 364 g/mol. The fourth-order valence-corrected chi connectivity index (χ4v) is 5.24. The Balaban J connectivity index is 1.75. The van der Waals surface area contributed by atoms with Gasteiger partial charge in [-0.05, 0) is 49.8 Å². The van der Waals surface area contributed by atoms with Crippen LogP contribution in [0.4, 0.5) is 0 Å². The number of benzene rings is 1.